The first-order valence-electron chi connectivity index (χ1n) is 7.33. The molecule has 1 heterocycles. The second-order valence-electron chi connectivity index (χ2n) is 5.17. The summed E-state index contributed by atoms with van der Waals surface area (Å²) in [7, 11) is 0. The maximum Gasteiger partial charge on any atom is 0.177 e. The predicted octanol–water partition coefficient (Wildman–Crippen LogP) is 5.15. The number of hydrogen-bond donors (Lipinski definition) is 0. The van der Waals surface area contributed by atoms with E-state index in [9.17, 15) is 10.5 Å². The van der Waals surface area contributed by atoms with E-state index in [2.05, 4.69) is 41.8 Å². The number of halogens is 2. The second kappa shape index (κ2) is 7.57. The molecule has 2 aromatic carbocycles. The number of hydrogen-bond acceptors (Lipinski definition) is 4. The Kier molecular flexibility index (Phi) is 5.23. The van der Waals surface area contributed by atoms with Crippen molar-refractivity contribution in [1.82, 2.24) is 0 Å². The summed E-state index contributed by atoms with van der Waals surface area (Å²) in [6.45, 7) is 0. The van der Waals surface area contributed by atoms with E-state index in [1.54, 1.807) is 0 Å². The summed E-state index contributed by atoms with van der Waals surface area (Å²) in [4.78, 5) is 8.87. The lowest BCUT2D eigenvalue weighted by atomic mass is 10.00. The minimum absolute atomic E-state index is 0.0234. The molecule has 1 aliphatic rings. The number of allylic oxidation sites excluding steroid dienone is 2. The molecule has 25 heavy (non-hydrogen) atoms. The van der Waals surface area contributed by atoms with Crippen molar-refractivity contribution >= 4 is 43.3 Å². The van der Waals surface area contributed by atoms with Crippen LogP contribution in [-0.4, -0.2) is 11.4 Å². The minimum atomic E-state index is 0.0234. The van der Waals surface area contributed by atoms with Crippen molar-refractivity contribution < 1.29 is 0 Å². The average molecular weight is 454 g/mol. The molecule has 3 rings (SSSR count). The van der Waals surface area contributed by atoms with Crippen molar-refractivity contribution in [2.24, 2.45) is 9.98 Å². The van der Waals surface area contributed by atoms with E-state index in [-0.39, 0.29) is 11.4 Å². The fourth-order valence-electron chi connectivity index (χ4n) is 2.47. The molecule has 0 saturated heterocycles. The van der Waals surface area contributed by atoms with Crippen LogP contribution >= 0.6 is 31.9 Å². The van der Waals surface area contributed by atoms with Crippen molar-refractivity contribution in [2.45, 2.75) is 6.42 Å². The third-order valence-corrected chi connectivity index (χ3v) is 5.02. The van der Waals surface area contributed by atoms with Crippen LogP contribution in [0.1, 0.15) is 17.5 Å². The van der Waals surface area contributed by atoms with Gasteiger partial charge in [-0.05, 0) is 12.1 Å². The van der Waals surface area contributed by atoms with E-state index in [1.165, 1.54) is 0 Å². The van der Waals surface area contributed by atoms with E-state index < -0.39 is 0 Å². The molecule has 0 spiro atoms. The Bertz CT molecular complexity index is 939. The van der Waals surface area contributed by atoms with Gasteiger partial charge in [0.25, 0.3) is 0 Å². The Balaban J connectivity index is 2.22. The van der Waals surface area contributed by atoms with Gasteiger partial charge in [-0.25, -0.2) is 9.98 Å². The van der Waals surface area contributed by atoms with Gasteiger partial charge in [-0.2, -0.15) is 10.5 Å². The fraction of sp³-hybridized carbons (Fsp3) is 0.0526. The highest BCUT2D eigenvalue weighted by Gasteiger charge is 2.20. The smallest absolute Gasteiger partial charge is 0.177 e. The molecule has 0 aromatic heterocycles. The van der Waals surface area contributed by atoms with Gasteiger partial charge >= 0.3 is 0 Å². The molecule has 0 unspecified atom stereocenters. The van der Waals surface area contributed by atoms with Gasteiger partial charge in [-0.15, -0.1) is 0 Å². The Morgan fingerprint density at radius 3 is 1.48 bits per heavy atom. The van der Waals surface area contributed by atoms with Gasteiger partial charge in [0.05, 0.1) is 11.4 Å². The molecule has 0 aliphatic carbocycles. The normalized spacial score (nSPS) is 14.1. The summed E-state index contributed by atoms with van der Waals surface area (Å²) < 4.78 is 1.75. The molecule has 2 aromatic rings. The van der Waals surface area contributed by atoms with Crippen LogP contribution in [0.5, 0.6) is 0 Å². The monoisotopic (exact) mass is 452 g/mol. The van der Waals surface area contributed by atoms with Crippen LogP contribution in [0.4, 0.5) is 0 Å². The highest BCUT2D eigenvalue weighted by atomic mass is 79.9. The molecule has 0 atom stereocenters. The summed E-state index contributed by atoms with van der Waals surface area (Å²) in [5, 5.41) is 18.8. The molecule has 0 bridgehead atoms. The number of aliphatic imine (C=N–C) groups is 2. The van der Waals surface area contributed by atoms with E-state index >= 15 is 0 Å². The zero-order chi connectivity index (χ0) is 17.8. The Hall–Kier alpha value is -2.54. The molecule has 4 nitrogen and oxygen atoms in total. The predicted molar refractivity (Wildman–Crippen MR) is 104 cm³/mol. The first-order valence-corrected chi connectivity index (χ1v) is 8.92. The van der Waals surface area contributed by atoms with Crippen molar-refractivity contribution in [1.29, 1.82) is 10.5 Å². The molecule has 0 N–H and O–H groups in total. The van der Waals surface area contributed by atoms with Gasteiger partial charge in [0.2, 0.25) is 0 Å². The third kappa shape index (κ3) is 3.61. The Labute approximate surface area is 162 Å². The van der Waals surface area contributed by atoms with E-state index in [4.69, 9.17) is 0 Å². The molecular weight excluding hydrogens is 444 g/mol. The first kappa shape index (κ1) is 17.3. The number of benzene rings is 2. The van der Waals surface area contributed by atoms with Gasteiger partial charge < -0.3 is 0 Å². The lowest BCUT2D eigenvalue weighted by Gasteiger charge is -2.10. The number of nitriles is 2. The summed E-state index contributed by atoms with van der Waals surface area (Å²) in [5.41, 5.74) is 3.15. The van der Waals surface area contributed by atoms with Gasteiger partial charge in [0, 0.05) is 26.5 Å². The quantitative estimate of drug-likeness (QED) is 0.630. The molecular formula is C19H10Br2N4. The molecule has 0 radical (unpaired) electrons. The largest absolute Gasteiger partial charge is 0.238 e. The van der Waals surface area contributed by atoms with Crippen molar-refractivity contribution in [3.63, 3.8) is 0 Å². The van der Waals surface area contributed by atoms with E-state index in [0.29, 0.717) is 17.8 Å². The Morgan fingerprint density at radius 1 is 0.720 bits per heavy atom. The standard InChI is InChI=1S/C19H10Br2N4/c20-14-7-3-1-5-12(14)16-9-17(13-6-2-4-8-15(13)21)25-19(11-23)18(10-22)24-16/h1-8H,9H2. The molecule has 0 amide bonds. The van der Waals surface area contributed by atoms with Crippen LogP contribution in [0.15, 0.2) is 78.9 Å². The average Bonchev–Trinajstić information content (AvgIpc) is 2.81. The van der Waals surface area contributed by atoms with Gasteiger partial charge in [-0.1, -0.05) is 68.3 Å². The van der Waals surface area contributed by atoms with Crippen molar-refractivity contribution in [3.8, 4) is 12.1 Å². The lowest BCUT2D eigenvalue weighted by molar-refractivity contribution is 1.27. The number of rotatable bonds is 2. The summed E-state index contributed by atoms with van der Waals surface area (Å²) >= 11 is 7.06. The van der Waals surface area contributed by atoms with Crippen LogP contribution in [-0.2, 0) is 0 Å². The number of nitrogens with zero attached hydrogens (tertiary/aromatic N) is 4. The van der Waals surface area contributed by atoms with Crippen LogP contribution in [0.2, 0.25) is 0 Å². The molecule has 0 saturated carbocycles. The van der Waals surface area contributed by atoms with Crippen LogP contribution in [0.3, 0.4) is 0 Å². The maximum atomic E-state index is 9.41. The molecule has 1 aliphatic heterocycles. The van der Waals surface area contributed by atoms with Crippen molar-refractivity contribution in [2.75, 3.05) is 0 Å². The molecule has 6 heteroatoms. The minimum Gasteiger partial charge on any atom is -0.238 e. The summed E-state index contributed by atoms with van der Waals surface area (Å²) in [5.74, 6) is 0. The Morgan fingerprint density at radius 2 is 1.12 bits per heavy atom. The highest BCUT2D eigenvalue weighted by molar-refractivity contribution is 9.10. The highest BCUT2D eigenvalue weighted by Crippen LogP contribution is 2.26. The van der Waals surface area contributed by atoms with Gasteiger partial charge in [0.1, 0.15) is 12.1 Å². The van der Waals surface area contributed by atoms with Crippen LogP contribution < -0.4 is 0 Å². The van der Waals surface area contributed by atoms with E-state index in [0.717, 1.165) is 20.1 Å². The fourth-order valence-corrected chi connectivity index (χ4v) is 3.50. The van der Waals surface area contributed by atoms with Crippen molar-refractivity contribution in [3.05, 3.63) is 80.0 Å². The maximum absolute atomic E-state index is 9.41. The van der Waals surface area contributed by atoms with Gasteiger partial charge in [-0.3, -0.25) is 0 Å². The summed E-state index contributed by atoms with van der Waals surface area (Å²) in [6.07, 6.45) is 0.404. The SMILES string of the molecule is N#CC1=C(C#N)N=C(c2ccccc2Br)CC(c2ccccc2Br)=N1. The third-order valence-electron chi connectivity index (χ3n) is 3.63. The topological polar surface area (TPSA) is 72.3 Å². The second-order valence-corrected chi connectivity index (χ2v) is 6.88. The molecule has 0 fully saturated rings. The zero-order valence-electron chi connectivity index (χ0n) is 12.9. The van der Waals surface area contributed by atoms with E-state index in [1.807, 2.05) is 60.7 Å². The molecule has 120 valence electrons. The zero-order valence-corrected chi connectivity index (χ0v) is 16.0. The summed E-state index contributed by atoms with van der Waals surface area (Å²) in [6, 6.07) is 19.3. The first-order chi connectivity index (χ1) is 12.1. The van der Waals surface area contributed by atoms with Crippen LogP contribution in [0, 0.1) is 22.7 Å². The van der Waals surface area contributed by atoms with Crippen LogP contribution in [0.25, 0.3) is 0 Å². The van der Waals surface area contributed by atoms with Gasteiger partial charge in [0.15, 0.2) is 11.4 Å². The lowest BCUT2D eigenvalue weighted by Crippen LogP contribution is -2.11.